The average Bonchev–Trinajstić information content (AvgIpc) is 2.71. The third kappa shape index (κ3) is 2.66. The third-order valence-corrected chi connectivity index (χ3v) is 3.55. The first-order valence-corrected chi connectivity index (χ1v) is 5.95. The minimum absolute atomic E-state index is 0.122. The quantitative estimate of drug-likeness (QED) is 0.532. The summed E-state index contributed by atoms with van der Waals surface area (Å²) in [4.78, 5) is 4.70. The Kier molecular flexibility index (Phi) is 3.78. The van der Waals surface area contributed by atoms with Crippen LogP contribution < -0.4 is 11.3 Å². The zero-order valence-corrected chi connectivity index (χ0v) is 10.8. The number of nitrogens with zero attached hydrogens (tertiary/aromatic N) is 4. The molecule has 6 nitrogen and oxygen atoms in total. The number of nitrogens with two attached hydrogens (primary N) is 1. The van der Waals surface area contributed by atoms with Crippen molar-refractivity contribution in [3.8, 4) is 0 Å². The number of nitrogens with one attached hydrogen (secondary N) is 1. The number of hydrazine groups is 1. The van der Waals surface area contributed by atoms with Crippen LogP contribution >= 0.6 is 0 Å². The van der Waals surface area contributed by atoms with E-state index in [4.69, 9.17) is 5.84 Å². The van der Waals surface area contributed by atoms with E-state index >= 15 is 0 Å². The Morgan fingerprint density at radius 3 is 2.76 bits per heavy atom. The van der Waals surface area contributed by atoms with Crippen LogP contribution in [0, 0.1) is 0 Å². The second-order valence-electron chi connectivity index (χ2n) is 4.90. The number of hydrogen-bond donors (Lipinski definition) is 2. The van der Waals surface area contributed by atoms with Crippen LogP contribution in [0.4, 0.5) is 0 Å². The van der Waals surface area contributed by atoms with Crippen LogP contribution in [-0.2, 0) is 7.05 Å². The molecule has 0 aromatic carbocycles. The fraction of sp³-hybridized carbons (Fsp3) is 0.727. The van der Waals surface area contributed by atoms with Crippen LogP contribution in [0.15, 0.2) is 12.4 Å². The molecule has 2 unspecified atom stereocenters. The summed E-state index contributed by atoms with van der Waals surface area (Å²) in [6.45, 7) is 3.19. The molecule has 2 rings (SSSR count). The van der Waals surface area contributed by atoms with Crippen LogP contribution in [0.25, 0.3) is 0 Å². The van der Waals surface area contributed by atoms with Gasteiger partial charge in [0.05, 0.1) is 12.2 Å². The molecule has 1 saturated heterocycles. The van der Waals surface area contributed by atoms with Gasteiger partial charge in [-0.1, -0.05) is 0 Å². The molecule has 0 spiro atoms. The minimum atomic E-state index is 0.122. The van der Waals surface area contributed by atoms with Gasteiger partial charge in [-0.2, -0.15) is 5.10 Å². The largest absolute Gasteiger partial charge is 0.303 e. The Balaban J connectivity index is 2.16. The maximum atomic E-state index is 5.72. The Hall–Kier alpha value is -0.950. The molecule has 6 heteroatoms. The molecule has 2 heterocycles. The lowest BCUT2D eigenvalue weighted by atomic mass is 9.99. The van der Waals surface area contributed by atoms with Crippen molar-refractivity contribution in [1.29, 1.82) is 0 Å². The highest BCUT2D eigenvalue weighted by Gasteiger charge is 2.30. The topological polar surface area (TPSA) is 62.4 Å². The summed E-state index contributed by atoms with van der Waals surface area (Å²) in [5.74, 6) is 5.72. The first kappa shape index (κ1) is 12.5. The van der Waals surface area contributed by atoms with Gasteiger partial charge in [-0.25, -0.2) is 0 Å². The van der Waals surface area contributed by atoms with Crippen molar-refractivity contribution in [2.75, 3.05) is 33.7 Å². The van der Waals surface area contributed by atoms with E-state index in [0.717, 1.165) is 25.2 Å². The molecule has 1 aromatic heterocycles. The minimum Gasteiger partial charge on any atom is -0.303 e. The number of likely N-dealkylation sites (N-methyl/N-ethyl adjacent to an activating group) is 2. The predicted octanol–water partition coefficient (Wildman–Crippen LogP) is -0.830. The molecule has 96 valence electrons. The average molecular weight is 238 g/mol. The second kappa shape index (κ2) is 5.14. The van der Waals surface area contributed by atoms with Crippen LogP contribution in [-0.4, -0.2) is 59.4 Å². The predicted molar refractivity (Wildman–Crippen MR) is 67.2 cm³/mol. The smallest absolute Gasteiger partial charge is 0.0658 e. The molecular formula is C11H22N6. The lowest BCUT2D eigenvalue weighted by molar-refractivity contribution is 0.0876. The molecule has 0 aliphatic carbocycles. The number of piperazine rings is 1. The summed E-state index contributed by atoms with van der Waals surface area (Å²) in [6, 6.07) is 0.499. The lowest BCUT2D eigenvalue weighted by Gasteiger charge is -2.41. The van der Waals surface area contributed by atoms with Gasteiger partial charge in [0.25, 0.3) is 0 Å². The van der Waals surface area contributed by atoms with E-state index in [1.807, 2.05) is 24.1 Å². The van der Waals surface area contributed by atoms with Gasteiger partial charge in [0.1, 0.15) is 0 Å². The van der Waals surface area contributed by atoms with E-state index in [-0.39, 0.29) is 6.04 Å². The molecule has 1 aliphatic heterocycles. The van der Waals surface area contributed by atoms with Crippen LogP contribution in [0.3, 0.4) is 0 Å². The maximum Gasteiger partial charge on any atom is 0.0658 e. The molecule has 3 N–H and O–H groups in total. The molecule has 2 atom stereocenters. The highest BCUT2D eigenvalue weighted by atomic mass is 15.3. The molecule has 1 fully saturated rings. The Morgan fingerprint density at radius 1 is 1.41 bits per heavy atom. The molecular weight excluding hydrogens is 216 g/mol. The third-order valence-electron chi connectivity index (χ3n) is 3.55. The summed E-state index contributed by atoms with van der Waals surface area (Å²) >= 11 is 0. The summed E-state index contributed by atoms with van der Waals surface area (Å²) in [7, 11) is 6.23. The van der Waals surface area contributed by atoms with E-state index in [1.165, 1.54) is 0 Å². The van der Waals surface area contributed by atoms with Crippen molar-refractivity contribution in [1.82, 2.24) is 25.0 Å². The molecule has 0 bridgehead atoms. The first-order valence-electron chi connectivity index (χ1n) is 5.95. The van der Waals surface area contributed by atoms with E-state index in [9.17, 15) is 0 Å². The van der Waals surface area contributed by atoms with Crippen molar-refractivity contribution in [3.05, 3.63) is 18.0 Å². The number of aromatic nitrogens is 2. The zero-order chi connectivity index (χ0) is 12.4. The molecule has 1 aromatic rings. The van der Waals surface area contributed by atoms with Crippen molar-refractivity contribution < 1.29 is 0 Å². The highest BCUT2D eigenvalue weighted by molar-refractivity contribution is 5.14. The summed E-state index contributed by atoms with van der Waals surface area (Å²) in [6.07, 6.45) is 3.90. The summed E-state index contributed by atoms with van der Waals surface area (Å²) < 4.78 is 1.81. The molecule has 17 heavy (non-hydrogen) atoms. The fourth-order valence-electron chi connectivity index (χ4n) is 2.43. The van der Waals surface area contributed by atoms with Gasteiger partial charge in [0.15, 0.2) is 0 Å². The van der Waals surface area contributed by atoms with Crippen molar-refractivity contribution in [2.45, 2.75) is 12.1 Å². The lowest BCUT2D eigenvalue weighted by Crippen LogP contribution is -2.56. The number of hydrogen-bond acceptors (Lipinski definition) is 5. The number of rotatable bonds is 3. The maximum absolute atomic E-state index is 5.72. The summed E-state index contributed by atoms with van der Waals surface area (Å²) in [5, 5.41) is 4.21. The van der Waals surface area contributed by atoms with Gasteiger partial charge in [0, 0.05) is 44.5 Å². The Labute approximate surface area is 102 Å². The van der Waals surface area contributed by atoms with Crippen LogP contribution in [0.1, 0.15) is 11.6 Å². The van der Waals surface area contributed by atoms with Gasteiger partial charge in [-0.15, -0.1) is 0 Å². The molecule has 1 aliphatic rings. The second-order valence-corrected chi connectivity index (χ2v) is 4.90. The monoisotopic (exact) mass is 238 g/mol. The Bertz CT molecular complexity index is 363. The fourth-order valence-corrected chi connectivity index (χ4v) is 2.43. The standard InChI is InChI=1S/C11H22N6/c1-15-4-5-16(2)10(8-15)11(14-12)9-6-13-17(3)7-9/h6-7,10-11,14H,4-5,8,12H2,1-3H3. The molecule has 0 saturated carbocycles. The normalized spacial score (nSPS) is 25.1. The molecule has 0 amide bonds. The van der Waals surface area contributed by atoms with Crippen LogP contribution in [0.2, 0.25) is 0 Å². The zero-order valence-electron chi connectivity index (χ0n) is 10.8. The van der Waals surface area contributed by atoms with Crippen molar-refractivity contribution in [3.63, 3.8) is 0 Å². The van der Waals surface area contributed by atoms with E-state index in [2.05, 4.69) is 34.4 Å². The van der Waals surface area contributed by atoms with Crippen molar-refractivity contribution >= 4 is 0 Å². The van der Waals surface area contributed by atoms with E-state index in [1.54, 1.807) is 0 Å². The van der Waals surface area contributed by atoms with E-state index < -0.39 is 0 Å². The number of aryl methyl sites for hydroxylation is 1. The first-order chi connectivity index (χ1) is 8.11. The van der Waals surface area contributed by atoms with Gasteiger partial charge in [0.2, 0.25) is 0 Å². The summed E-state index contributed by atoms with van der Waals surface area (Å²) in [5.41, 5.74) is 4.07. The van der Waals surface area contributed by atoms with Crippen molar-refractivity contribution in [2.24, 2.45) is 12.9 Å². The Morgan fingerprint density at radius 2 is 2.18 bits per heavy atom. The van der Waals surface area contributed by atoms with Gasteiger partial charge < -0.3 is 4.90 Å². The van der Waals surface area contributed by atoms with Gasteiger partial charge >= 0.3 is 0 Å². The van der Waals surface area contributed by atoms with Gasteiger partial charge in [-0.05, 0) is 14.1 Å². The molecule has 0 radical (unpaired) electrons. The highest BCUT2D eigenvalue weighted by Crippen LogP contribution is 2.21. The van der Waals surface area contributed by atoms with Crippen LogP contribution in [0.5, 0.6) is 0 Å². The SMILES string of the molecule is CN1CCN(C)C(C(NN)c2cnn(C)c2)C1. The van der Waals surface area contributed by atoms with Gasteiger partial charge in [-0.3, -0.25) is 20.9 Å². The van der Waals surface area contributed by atoms with E-state index in [0.29, 0.717) is 6.04 Å².